The van der Waals surface area contributed by atoms with E-state index in [0.717, 1.165) is 17.4 Å². The van der Waals surface area contributed by atoms with E-state index < -0.39 is 0 Å². The van der Waals surface area contributed by atoms with Crippen LogP contribution in [0, 0.1) is 0 Å². The molecular weight excluding hydrogens is 190 g/mol. The highest BCUT2D eigenvalue weighted by Gasteiger charge is 2.07. The molecule has 2 rings (SSSR count). The maximum absolute atomic E-state index is 11.8. The van der Waals surface area contributed by atoms with Gasteiger partial charge in [-0.25, -0.2) is 4.68 Å². The first-order valence-electron chi connectivity index (χ1n) is 4.94. The van der Waals surface area contributed by atoms with E-state index in [-0.39, 0.29) is 5.56 Å². The third kappa shape index (κ3) is 1.58. The van der Waals surface area contributed by atoms with Gasteiger partial charge < -0.3 is 5.32 Å². The zero-order valence-corrected chi connectivity index (χ0v) is 8.82. The first-order chi connectivity index (χ1) is 7.24. The Balaban J connectivity index is 2.83. The van der Waals surface area contributed by atoms with Gasteiger partial charge in [-0.2, -0.15) is 5.10 Å². The molecule has 0 saturated carbocycles. The molecule has 0 spiro atoms. The quantitative estimate of drug-likeness (QED) is 0.801. The molecule has 78 valence electrons. The molecule has 1 N–H and O–H groups in total. The van der Waals surface area contributed by atoms with Crippen molar-refractivity contribution in [2.24, 2.45) is 7.05 Å². The van der Waals surface area contributed by atoms with E-state index >= 15 is 0 Å². The van der Waals surface area contributed by atoms with Crippen LogP contribution in [0.25, 0.3) is 10.9 Å². The third-order valence-corrected chi connectivity index (χ3v) is 2.29. The first kappa shape index (κ1) is 9.71. The molecular formula is C11H13N3O. The predicted molar refractivity (Wildman–Crippen MR) is 61.1 cm³/mol. The average molecular weight is 203 g/mol. The van der Waals surface area contributed by atoms with Gasteiger partial charge in [-0.05, 0) is 13.0 Å². The zero-order chi connectivity index (χ0) is 10.8. The van der Waals surface area contributed by atoms with Crippen molar-refractivity contribution in [1.29, 1.82) is 0 Å². The highest BCUT2D eigenvalue weighted by Crippen LogP contribution is 2.16. The minimum Gasteiger partial charge on any atom is -0.380 e. The number of fused-ring (bicyclic) bond motifs is 1. The number of nitrogens with zero attached hydrogens (tertiary/aromatic N) is 2. The average Bonchev–Trinajstić information content (AvgIpc) is 2.25. The van der Waals surface area contributed by atoms with Gasteiger partial charge >= 0.3 is 0 Å². The van der Waals surface area contributed by atoms with Crippen LogP contribution in [0.4, 0.5) is 5.69 Å². The molecule has 0 bridgehead atoms. The van der Waals surface area contributed by atoms with Gasteiger partial charge in [0.1, 0.15) is 5.69 Å². The fraction of sp³-hybridized carbons (Fsp3) is 0.273. The molecule has 1 aromatic heterocycles. The van der Waals surface area contributed by atoms with Gasteiger partial charge in [-0.15, -0.1) is 0 Å². The van der Waals surface area contributed by atoms with Gasteiger partial charge in [-0.1, -0.05) is 18.2 Å². The SMILES string of the molecule is CCNc1c(=O)n(C)nc2ccccc12. The molecule has 4 heteroatoms. The van der Waals surface area contributed by atoms with Crippen molar-refractivity contribution >= 4 is 16.6 Å². The number of rotatable bonds is 2. The summed E-state index contributed by atoms with van der Waals surface area (Å²) in [7, 11) is 1.66. The molecule has 0 aliphatic carbocycles. The summed E-state index contributed by atoms with van der Waals surface area (Å²) in [6.45, 7) is 2.69. The number of anilines is 1. The number of nitrogens with one attached hydrogen (secondary N) is 1. The number of benzene rings is 1. The Morgan fingerprint density at radius 1 is 1.40 bits per heavy atom. The van der Waals surface area contributed by atoms with E-state index in [1.54, 1.807) is 7.05 Å². The van der Waals surface area contributed by atoms with Crippen molar-refractivity contribution in [3.05, 3.63) is 34.6 Å². The summed E-state index contributed by atoms with van der Waals surface area (Å²) < 4.78 is 1.36. The summed E-state index contributed by atoms with van der Waals surface area (Å²) in [5.41, 5.74) is 1.37. The molecule has 0 aliphatic heterocycles. The van der Waals surface area contributed by atoms with Crippen molar-refractivity contribution in [3.8, 4) is 0 Å². The number of hydrogen-bond acceptors (Lipinski definition) is 3. The fourth-order valence-corrected chi connectivity index (χ4v) is 1.60. The van der Waals surface area contributed by atoms with Crippen LogP contribution in [0.2, 0.25) is 0 Å². The van der Waals surface area contributed by atoms with Gasteiger partial charge in [0.25, 0.3) is 5.56 Å². The van der Waals surface area contributed by atoms with Crippen LogP contribution in [0.15, 0.2) is 29.1 Å². The molecule has 0 atom stereocenters. The van der Waals surface area contributed by atoms with E-state index in [1.807, 2.05) is 31.2 Å². The van der Waals surface area contributed by atoms with Crippen LogP contribution in [0.5, 0.6) is 0 Å². The van der Waals surface area contributed by atoms with Gasteiger partial charge in [0, 0.05) is 19.0 Å². The predicted octanol–water partition coefficient (Wildman–Crippen LogP) is 1.37. The van der Waals surface area contributed by atoms with Gasteiger partial charge in [0.05, 0.1) is 5.52 Å². The Kier molecular flexibility index (Phi) is 2.41. The second-order valence-electron chi connectivity index (χ2n) is 3.35. The van der Waals surface area contributed by atoms with E-state index in [2.05, 4.69) is 10.4 Å². The molecule has 0 saturated heterocycles. The second-order valence-corrected chi connectivity index (χ2v) is 3.35. The van der Waals surface area contributed by atoms with Crippen molar-refractivity contribution in [2.75, 3.05) is 11.9 Å². The number of aromatic nitrogens is 2. The Morgan fingerprint density at radius 2 is 2.13 bits per heavy atom. The lowest BCUT2D eigenvalue weighted by molar-refractivity contribution is 0.727. The van der Waals surface area contributed by atoms with Crippen molar-refractivity contribution in [1.82, 2.24) is 9.78 Å². The minimum atomic E-state index is -0.0875. The lowest BCUT2D eigenvalue weighted by Gasteiger charge is -2.08. The molecule has 0 unspecified atom stereocenters. The smallest absolute Gasteiger partial charge is 0.290 e. The van der Waals surface area contributed by atoms with Gasteiger partial charge in [-0.3, -0.25) is 4.79 Å². The lowest BCUT2D eigenvalue weighted by Crippen LogP contribution is -2.23. The Labute approximate surface area is 87.5 Å². The maximum atomic E-state index is 11.8. The molecule has 4 nitrogen and oxygen atoms in total. The van der Waals surface area contributed by atoms with Crippen molar-refractivity contribution < 1.29 is 0 Å². The summed E-state index contributed by atoms with van der Waals surface area (Å²) in [6.07, 6.45) is 0. The Hall–Kier alpha value is -1.84. The third-order valence-electron chi connectivity index (χ3n) is 2.29. The Morgan fingerprint density at radius 3 is 2.87 bits per heavy atom. The summed E-state index contributed by atoms with van der Waals surface area (Å²) >= 11 is 0. The van der Waals surface area contributed by atoms with Crippen LogP contribution < -0.4 is 10.9 Å². The molecule has 1 heterocycles. The number of aryl methyl sites for hydroxylation is 1. The molecule has 0 radical (unpaired) electrons. The van der Waals surface area contributed by atoms with Gasteiger partial charge in [0.15, 0.2) is 0 Å². The van der Waals surface area contributed by atoms with Gasteiger partial charge in [0.2, 0.25) is 0 Å². The van der Waals surface area contributed by atoms with E-state index in [4.69, 9.17) is 0 Å². The molecule has 2 aromatic rings. The summed E-state index contributed by atoms with van der Waals surface area (Å²) in [4.78, 5) is 11.8. The normalized spacial score (nSPS) is 10.5. The van der Waals surface area contributed by atoms with Crippen LogP contribution >= 0.6 is 0 Å². The zero-order valence-electron chi connectivity index (χ0n) is 8.82. The van der Waals surface area contributed by atoms with Crippen LogP contribution in [0.1, 0.15) is 6.92 Å². The lowest BCUT2D eigenvalue weighted by atomic mass is 10.2. The largest absolute Gasteiger partial charge is 0.380 e. The van der Waals surface area contributed by atoms with E-state index in [0.29, 0.717) is 5.69 Å². The van der Waals surface area contributed by atoms with Crippen molar-refractivity contribution in [2.45, 2.75) is 6.92 Å². The molecule has 0 aliphatic rings. The Bertz CT molecular complexity index is 545. The molecule has 0 amide bonds. The molecule has 1 aromatic carbocycles. The van der Waals surface area contributed by atoms with Crippen molar-refractivity contribution in [3.63, 3.8) is 0 Å². The highest BCUT2D eigenvalue weighted by molar-refractivity contribution is 5.90. The monoisotopic (exact) mass is 203 g/mol. The molecule has 15 heavy (non-hydrogen) atoms. The summed E-state index contributed by atoms with van der Waals surface area (Å²) in [5, 5.41) is 8.15. The van der Waals surface area contributed by atoms with E-state index in [1.165, 1.54) is 4.68 Å². The number of hydrogen-bond donors (Lipinski definition) is 1. The summed E-state index contributed by atoms with van der Waals surface area (Å²) in [6, 6.07) is 7.62. The standard InChI is InChI=1S/C11H13N3O/c1-3-12-10-8-6-4-5-7-9(8)13-14(2)11(10)15/h4-7,12H,3H2,1-2H3. The topological polar surface area (TPSA) is 46.9 Å². The first-order valence-corrected chi connectivity index (χ1v) is 4.94. The maximum Gasteiger partial charge on any atom is 0.290 e. The van der Waals surface area contributed by atoms with E-state index in [9.17, 15) is 4.79 Å². The highest BCUT2D eigenvalue weighted by atomic mass is 16.1. The summed E-state index contributed by atoms with van der Waals surface area (Å²) in [5.74, 6) is 0. The molecule has 0 fully saturated rings. The second kappa shape index (κ2) is 3.73. The van der Waals surface area contributed by atoms with Crippen LogP contribution in [-0.2, 0) is 7.05 Å². The van der Waals surface area contributed by atoms with Crippen LogP contribution in [-0.4, -0.2) is 16.3 Å². The fourth-order valence-electron chi connectivity index (χ4n) is 1.60. The van der Waals surface area contributed by atoms with Crippen LogP contribution in [0.3, 0.4) is 0 Å². The minimum absolute atomic E-state index is 0.0875.